The highest BCUT2D eigenvalue weighted by Gasteiger charge is 2.29. The lowest BCUT2D eigenvalue weighted by Gasteiger charge is -2.21. The summed E-state index contributed by atoms with van der Waals surface area (Å²) in [6.45, 7) is 5.84. The second-order valence-electron chi connectivity index (χ2n) is 6.29. The van der Waals surface area contributed by atoms with Gasteiger partial charge in [-0.25, -0.2) is 0 Å². The fraction of sp³-hybridized carbons (Fsp3) is 0.588. The zero-order chi connectivity index (χ0) is 17.7. The Morgan fingerprint density at radius 3 is 2.79 bits per heavy atom. The van der Waals surface area contributed by atoms with Crippen molar-refractivity contribution in [3.63, 3.8) is 0 Å². The SMILES string of the molecule is CCSC1CCCC1Nc1ccc(C(=O)NC(C)C)cc1[N+](=O)[O-]. The molecule has 1 aromatic rings. The largest absolute Gasteiger partial charge is 0.376 e. The van der Waals surface area contributed by atoms with Gasteiger partial charge in [-0.3, -0.25) is 14.9 Å². The number of amides is 1. The van der Waals surface area contributed by atoms with Crippen molar-refractivity contribution in [3.05, 3.63) is 33.9 Å². The van der Waals surface area contributed by atoms with E-state index in [0.717, 1.165) is 25.0 Å². The van der Waals surface area contributed by atoms with Crippen molar-refractivity contribution in [2.45, 2.75) is 57.4 Å². The second-order valence-corrected chi connectivity index (χ2v) is 7.81. The normalized spacial score (nSPS) is 20.2. The van der Waals surface area contributed by atoms with Gasteiger partial charge in [0.25, 0.3) is 11.6 Å². The van der Waals surface area contributed by atoms with Crippen LogP contribution in [-0.4, -0.2) is 33.9 Å². The molecule has 1 fully saturated rings. The third-order valence-electron chi connectivity index (χ3n) is 4.05. The van der Waals surface area contributed by atoms with Crippen molar-refractivity contribution in [3.8, 4) is 0 Å². The molecule has 0 spiro atoms. The molecule has 7 heteroatoms. The Morgan fingerprint density at radius 2 is 2.17 bits per heavy atom. The van der Waals surface area contributed by atoms with Gasteiger partial charge in [0.05, 0.1) is 4.92 Å². The lowest BCUT2D eigenvalue weighted by molar-refractivity contribution is -0.384. The van der Waals surface area contributed by atoms with Gasteiger partial charge in [-0.05, 0) is 44.6 Å². The molecule has 1 aliphatic rings. The summed E-state index contributed by atoms with van der Waals surface area (Å²) in [4.78, 5) is 23.1. The molecule has 1 aliphatic carbocycles. The number of nitro groups is 1. The van der Waals surface area contributed by atoms with E-state index in [9.17, 15) is 14.9 Å². The lowest BCUT2D eigenvalue weighted by atomic mass is 10.1. The molecule has 132 valence electrons. The predicted molar refractivity (Wildman–Crippen MR) is 98.9 cm³/mol. The highest BCUT2D eigenvalue weighted by molar-refractivity contribution is 7.99. The summed E-state index contributed by atoms with van der Waals surface area (Å²) in [5.74, 6) is 0.749. The maximum absolute atomic E-state index is 12.1. The van der Waals surface area contributed by atoms with Crippen molar-refractivity contribution in [1.29, 1.82) is 0 Å². The molecule has 0 saturated heterocycles. The number of thioether (sulfide) groups is 1. The van der Waals surface area contributed by atoms with Crippen LogP contribution in [0.3, 0.4) is 0 Å². The minimum atomic E-state index is -0.425. The van der Waals surface area contributed by atoms with E-state index in [2.05, 4.69) is 17.6 Å². The van der Waals surface area contributed by atoms with Gasteiger partial charge in [0.15, 0.2) is 0 Å². The summed E-state index contributed by atoms with van der Waals surface area (Å²) in [5.41, 5.74) is 0.764. The number of hydrogen-bond donors (Lipinski definition) is 2. The molecule has 1 saturated carbocycles. The first-order valence-corrected chi connectivity index (χ1v) is 9.44. The molecule has 24 heavy (non-hydrogen) atoms. The Hall–Kier alpha value is -1.76. The van der Waals surface area contributed by atoms with Crippen LogP contribution in [0, 0.1) is 10.1 Å². The summed E-state index contributed by atoms with van der Waals surface area (Å²) in [6, 6.07) is 4.88. The van der Waals surface area contributed by atoms with E-state index in [4.69, 9.17) is 0 Å². The van der Waals surface area contributed by atoms with E-state index in [1.54, 1.807) is 12.1 Å². The van der Waals surface area contributed by atoms with Crippen molar-refractivity contribution in [2.24, 2.45) is 0 Å². The van der Waals surface area contributed by atoms with Gasteiger partial charge in [-0.2, -0.15) is 11.8 Å². The summed E-state index contributed by atoms with van der Waals surface area (Å²) in [6.07, 6.45) is 3.29. The number of rotatable bonds is 7. The number of carbonyl (C=O) groups excluding carboxylic acids is 1. The van der Waals surface area contributed by atoms with Crippen LogP contribution in [0.25, 0.3) is 0 Å². The molecule has 0 radical (unpaired) electrons. The number of nitrogens with zero attached hydrogens (tertiary/aromatic N) is 1. The zero-order valence-corrected chi connectivity index (χ0v) is 15.2. The first-order valence-electron chi connectivity index (χ1n) is 8.39. The van der Waals surface area contributed by atoms with E-state index < -0.39 is 4.92 Å². The monoisotopic (exact) mass is 351 g/mol. The Labute approximate surface area is 146 Å². The van der Waals surface area contributed by atoms with Crippen molar-refractivity contribution in [1.82, 2.24) is 5.32 Å². The lowest BCUT2D eigenvalue weighted by Crippen LogP contribution is -2.30. The summed E-state index contributed by atoms with van der Waals surface area (Å²) in [5, 5.41) is 18.0. The standard InChI is InChI=1S/C17H25N3O3S/c1-4-24-16-7-5-6-14(16)19-13-9-8-12(10-15(13)20(22)23)17(21)18-11(2)3/h8-11,14,16,19H,4-7H2,1-3H3,(H,18,21). The van der Waals surface area contributed by atoms with Gasteiger partial charge in [0.2, 0.25) is 0 Å². The summed E-state index contributed by atoms with van der Waals surface area (Å²) < 4.78 is 0. The average Bonchev–Trinajstić information content (AvgIpc) is 2.94. The first-order chi connectivity index (χ1) is 11.4. The molecule has 0 heterocycles. The van der Waals surface area contributed by atoms with Gasteiger partial charge in [-0.15, -0.1) is 0 Å². The number of nitrogens with one attached hydrogen (secondary N) is 2. The predicted octanol–water partition coefficient (Wildman–Crippen LogP) is 3.82. The average molecular weight is 351 g/mol. The number of benzene rings is 1. The van der Waals surface area contributed by atoms with Crippen molar-refractivity contribution >= 4 is 29.0 Å². The number of nitro benzene ring substituents is 1. The molecule has 1 aromatic carbocycles. The number of hydrogen-bond acceptors (Lipinski definition) is 5. The Morgan fingerprint density at radius 1 is 1.42 bits per heavy atom. The van der Waals surface area contributed by atoms with Crippen LogP contribution in [0.5, 0.6) is 0 Å². The van der Waals surface area contributed by atoms with Crippen LogP contribution in [0.4, 0.5) is 11.4 Å². The summed E-state index contributed by atoms with van der Waals surface area (Å²) in [7, 11) is 0. The Bertz CT molecular complexity index is 607. The fourth-order valence-corrected chi connectivity index (χ4v) is 4.19. The molecule has 1 amide bonds. The molecule has 2 atom stereocenters. The van der Waals surface area contributed by atoms with Crippen LogP contribution in [0.2, 0.25) is 0 Å². The molecule has 0 aromatic heterocycles. The van der Waals surface area contributed by atoms with Crippen molar-refractivity contribution in [2.75, 3.05) is 11.1 Å². The topological polar surface area (TPSA) is 84.3 Å². The molecular weight excluding hydrogens is 326 g/mol. The fourth-order valence-electron chi connectivity index (χ4n) is 3.00. The molecular formula is C17H25N3O3S. The molecule has 6 nitrogen and oxygen atoms in total. The quantitative estimate of drug-likeness (QED) is 0.576. The van der Waals surface area contributed by atoms with Crippen molar-refractivity contribution < 1.29 is 9.72 Å². The maximum Gasteiger partial charge on any atom is 0.293 e. The van der Waals surface area contributed by atoms with Gasteiger partial charge in [-0.1, -0.05) is 13.3 Å². The third-order valence-corrected chi connectivity index (χ3v) is 5.38. The van der Waals surface area contributed by atoms with Gasteiger partial charge >= 0.3 is 0 Å². The Balaban J connectivity index is 2.20. The second kappa shape index (κ2) is 8.37. The van der Waals surface area contributed by atoms with E-state index in [1.165, 1.54) is 6.07 Å². The number of anilines is 1. The van der Waals surface area contributed by atoms with E-state index >= 15 is 0 Å². The van der Waals surface area contributed by atoms with Gasteiger partial charge in [0, 0.05) is 29.0 Å². The van der Waals surface area contributed by atoms with Crippen LogP contribution in [0.15, 0.2) is 18.2 Å². The minimum absolute atomic E-state index is 0.0142. The number of carbonyl (C=O) groups is 1. The first kappa shape index (κ1) is 18.6. The van der Waals surface area contributed by atoms with Gasteiger partial charge in [0.1, 0.15) is 5.69 Å². The molecule has 0 bridgehead atoms. The third kappa shape index (κ3) is 4.63. The van der Waals surface area contributed by atoms with Gasteiger partial charge < -0.3 is 10.6 Å². The van der Waals surface area contributed by atoms with E-state index in [1.807, 2.05) is 25.6 Å². The van der Waals surface area contributed by atoms with Crippen LogP contribution >= 0.6 is 11.8 Å². The minimum Gasteiger partial charge on any atom is -0.376 e. The zero-order valence-electron chi connectivity index (χ0n) is 14.4. The van der Waals surface area contributed by atoms with E-state index in [-0.39, 0.29) is 23.7 Å². The maximum atomic E-state index is 12.1. The van der Waals surface area contributed by atoms with Crippen LogP contribution in [0.1, 0.15) is 50.4 Å². The van der Waals surface area contributed by atoms with E-state index in [0.29, 0.717) is 16.5 Å². The highest BCUT2D eigenvalue weighted by atomic mass is 32.2. The Kier molecular flexibility index (Phi) is 6.48. The smallest absolute Gasteiger partial charge is 0.293 e. The molecule has 2 unspecified atom stereocenters. The summed E-state index contributed by atoms with van der Waals surface area (Å²) >= 11 is 1.90. The molecule has 2 rings (SSSR count). The highest BCUT2D eigenvalue weighted by Crippen LogP contribution is 2.34. The van der Waals surface area contributed by atoms with Crippen LogP contribution < -0.4 is 10.6 Å². The van der Waals surface area contributed by atoms with Crippen LogP contribution in [-0.2, 0) is 0 Å². The molecule has 0 aliphatic heterocycles. The molecule has 2 N–H and O–H groups in total.